The topological polar surface area (TPSA) is 72.5 Å². The molecule has 1 amide bonds. The van der Waals surface area contributed by atoms with Crippen molar-refractivity contribution < 1.29 is 14.3 Å². The lowest BCUT2D eigenvalue weighted by Crippen LogP contribution is -2.37. The molecule has 0 atom stereocenters. The lowest BCUT2D eigenvalue weighted by atomic mass is 10.0. The van der Waals surface area contributed by atoms with Crippen LogP contribution >= 0.6 is 23.6 Å². The van der Waals surface area contributed by atoms with Crippen LogP contribution in [-0.2, 0) is 4.79 Å². The van der Waals surface area contributed by atoms with E-state index in [-0.39, 0.29) is 17.6 Å². The molecule has 0 bridgehead atoms. The van der Waals surface area contributed by atoms with Crippen LogP contribution in [0.5, 0.6) is 11.5 Å². The molecule has 0 saturated carbocycles. The number of hydrogen-bond acceptors (Lipinski definition) is 6. The SMILES string of the molecule is COc1ccc(-c2nc3ccccc3s2)cc1NC(=S)NC(=O)COc1ccc(C(C)C)cc1. The molecular weight excluding hydrogens is 466 g/mol. The van der Waals surface area contributed by atoms with E-state index in [1.807, 2.05) is 66.7 Å². The van der Waals surface area contributed by atoms with Gasteiger partial charge >= 0.3 is 0 Å². The molecule has 3 aromatic carbocycles. The average Bonchev–Trinajstić information content (AvgIpc) is 3.27. The Morgan fingerprint density at radius 1 is 1.09 bits per heavy atom. The molecule has 0 fully saturated rings. The van der Waals surface area contributed by atoms with Gasteiger partial charge in [-0.05, 0) is 66.2 Å². The number of anilines is 1. The van der Waals surface area contributed by atoms with Gasteiger partial charge in [0.15, 0.2) is 11.7 Å². The Hall–Kier alpha value is -3.49. The first kappa shape index (κ1) is 23.7. The van der Waals surface area contributed by atoms with Crippen LogP contribution in [0.25, 0.3) is 20.8 Å². The first-order valence-corrected chi connectivity index (χ1v) is 12.0. The molecule has 174 valence electrons. The van der Waals surface area contributed by atoms with Gasteiger partial charge in [-0.15, -0.1) is 11.3 Å². The number of thiocarbonyl (C=S) groups is 1. The van der Waals surface area contributed by atoms with Crippen LogP contribution in [0, 0.1) is 0 Å². The minimum atomic E-state index is -0.355. The maximum Gasteiger partial charge on any atom is 0.264 e. The Balaban J connectivity index is 1.39. The van der Waals surface area contributed by atoms with Gasteiger partial charge in [0.05, 0.1) is 23.0 Å². The van der Waals surface area contributed by atoms with Crippen LogP contribution in [0.15, 0.2) is 66.7 Å². The molecule has 0 aliphatic heterocycles. The number of carbonyl (C=O) groups is 1. The summed E-state index contributed by atoms with van der Waals surface area (Å²) in [7, 11) is 1.58. The predicted molar refractivity (Wildman–Crippen MR) is 142 cm³/mol. The molecule has 4 aromatic rings. The number of thiazole rings is 1. The monoisotopic (exact) mass is 491 g/mol. The number of hydrogen-bond donors (Lipinski definition) is 2. The van der Waals surface area contributed by atoms with Gasteiger partial charge in [-0.25, -0.2) is 4.98 Å². The van der Waals surface area contributed by atoms with E-state index in [1.54, 1.807) is 18.4 Å². The minimum absolute atomic E-state index is 0.147. The number of nitrogens with zero attached hydrogens (tertiary/aromatic N) is 1. The van der Waals surface area contributed by atoms with Gasteiger partial charge in [-0.1, -0.05) is 38.1 Å². The number of nitrogens with one attached hydrogen (secondary N) is 2. The molecule has 8 heteroatoms. The summed E-state index contributed by atoms with van der Waals surface area (Å²) in [6.45, 7) is 4.10. The summed E-state index contributed by atoms with van der Waals surface area (Å²) in [5.74, 6) is 1.31. The maximum absolute atomic E-state index is 12.3. The van der Waals surface area contributed by atoms with E-state index in [2.05, 4.69) is 24.5 Å². The highest BCUT2D eigenvalue weighted by atomic mass is 32.1. The Bertz CT molecular complexity index is 1280. The second-order valence-corrected chi connectivity index (χ2v) is 9.36. The molecule has 0 unspecified atom stereocenters. The number of aromatic nitrogens is 1. The molecule has 0 aliphatic carbocycles. The van der Waals surface area contributed by atoms with Crippen LogP contribution in [-0.4, -0.2) is 29.7 Å². The molecule has 0 aliphatic rings. The van der Waals surface area contributed by atoms with Crippen LogP contribution in [0.3, 0.4) is 0 Å². The highest BCUT2D eigenvalue weighted by Gasteiger charge is 2.13. The zero-order chi connectivity index (χ0) is 24.1. The van der Waals surface area contributed by atoms with E-state index >= 15 is 0 Å². The molecule has 1 aromatic heterocycles. The van der Waals surface area contributed by atoms with Gasteiger partial charge < -0.3 is 14.8 Å². The highest BCUT2D eigenvalue weighted by molar-refractivity contribution is 7.80. The fourth-order valence-electron chi connectivity index (χ4n) is 3.35. The van der Waals surface area contributed by atoms with Crippen molar-refractivity contribution in [1.29, 1.82) is 0 Å². The second kappa shape index (κ2) is 10.6. The number of ether oxygens (including phenoxy) is 2. The van der Waals surface area contributed by atoms with Crippen LogP contribution in [0.2, 0.25) is 0 Å². The summed E-state index contributed by atoms with van der Waals surface area (Å²) in [5.41, 5.74) is 3.72. The first-order valence-electron chi connectivity index (χ1n) is 10.8. The molecule has 0 radical (unpaired) electrons. The van der Waals surface area contributed by atoms with E-state index in [9.17, 15) is 4.79 Å². The van der Waals surface area contributed by atoms with Crippen molar-refractivity contribution >= 4 is 50.5 Å². The number of para-hydroxylation sites is 1. The zero-order valence-corrected chi connectivity index (χ0v) is 20.8. The third kappa shape index (κ3) is 5.70. The number of fused-ring (bicyclic) bond motifs is 1. The number of amides is 1. The molecule has 6 nitrogen and oxygen atoms in total. The predicted octanol–water partition coefficient (Wildman–Crippen LogP) is 5.99. The standard InChI is InChI=1S/C26H25N3O3S2/c1-16(2)17-8-11-19(12-9-17)32-15-24(30)29-26(33)28-21-14-18(10-13-22(21)31-3)25-27-20-6-4-5-7-23(20)34-25/h4-14,16H,15H2,1-3H3,(H2,28,29,30,33). The Labute approximate surface area is 207 Å². The molecule has 0 saturated heterocycles. The van der Waals surface area contributed by atoms with Crippen molar-refractivity contribution in [3.63, 3.8) is 0 Å². The summed E-state index contributed by atoms with van der Waals surface area (Å²) in [4.78, 5) is 17.0. The Morgan fingerprint density at radius 3 is 2.56 bits per heavy atom. The van der Waals surface area contributed by atoms with Crippen molar-refractivity contribution in [1.82, 2.24) is 10.3 Å². The number of carbonyl (C=O) groups excluding carboxylic acids is 1. The summed E-state index contributed by atoms with van der Waals surface area (Å²) in [5, 5.41) is 6.74. The third-order valence-electron chi connectivity index (χ3n) is 5.16. The smallest absolute Gasteiger partial charge is 0.264 e. The zero-order valence-electron chi connectivity index (χ0n) is 19.1. The van der Waals surface area contributed by atoms with E-state index in [0.29, 0.717) is 23.1 Å². The van der Waals surface area contributed by atoms with E-state index in [4.69, 9.17) is 26.7 Å². The van der Waals surface area contributed by atoms with Crippen molar-refractivity contribution in [2.45, 2.75) is 19.8 Å². The summed E-state index contributed by atoms with van der Waals surface area (Å²) < 4.78 is 12.1. The number of methoxy groups -OCH3 is 1. The van der Waals surface area contributed by atoms with E-state index in [1.165, 1.54) is 5.56 Å². The lowest BCUT2D eigenvalue weighted by Gasteiger charge is -2.14. The molecule has 4 rings (SSSR count). The minimum Gasteiger partial charge on any atom is -0.495 e. The van der Waals surface area contributed by atoms with E-state index < -0.39 is 0 Å². The number of rotatable bonds is 7. The average molecular weight is 492 g/mol. The summed E-state index contributed by atoms with van der Waals surface area (Å²) >= 11 is 6.95. The molecule has 2 N–H and O–H groups in total. The van der Waals surface area contributed by atoms with E-state index in [0.717, 1.165) is 20.8 Å². The third-order valence-corrected chi connectivity index (χ3v) is 6.45. The van der Waals surface area contributed by atoms with Crippen molar-refractivity contribution in [2.75, 3.05) is 19.0 Å². The van der Waals surface area contributed by atoms with Gasteiger partial charge in [-0.2, -0.15) is 0 Å². The van der Waals surface area contributed by atoms with Crippen LogP contribution in [0.1, 0.15) is 25.3 Å². The van der Waals surface area contributed by atoms with Crippen molar-refractivity contribution in [3.05, 3.63) is 72.3 Å². The fraction of sp³-hybridized carbons (Fsp3) is 0.192. The summed E-state index contributed by atoms with van der Waals surface area (Å²) in [6.07, 6.45) is 0. The van der Waals surface area contributed by atoms with Gasteiger partial charge in [-0.3, -0.25) is 10.1 Å². The van der Waals surface area contributed by atoms with Crippen LogP contribution in [0.4, 0.5) is 5.69 Å². The quantitative estimate of drug-likeness (QED) is 0.310. The largest absolute Gasteiger partial charge is 0.495 e. The number of benzene rings is 3. The normalized spacial score (nSPS) is 10.8. The highest BCUT2D eigenvalue weighted by Crippen LogP contribution is 2.34. The van der Waals surface area contributed by atoms with Crippen molar-refractivity contribution in [3.8, 4) is 22.1 Å². The van der Waals surface area contributed by atoms with Crippen molar-refractivity contribution in [2.24, 2.45) is 0 Å². The van der Waals surface area contributed by atoms with Gasteiger partial charge in [0, 0.05) is 5.56 Å². The molecule has 1 heterocycles. The molecular formula is C26H25N3O3S2. The lowest BCUT2D eigenvalue weighted by molar-refractivity contribution is -0.121. The summed E-state index contributed by atoms with van der Waals surface area (Å²) in [6, 6.07) is 21.4. The Kier molecular flexibility index (Phi) is 7.40. The second-order valence-electron chi connectivity index (χ2n) is 7.92. The maximum atomic E-state index is 12.3. The van der Waals surface area contributed by atoms with Crippen LogP contribution < -0.4 is 20.1 Å². The first-order chi connectivity index (χ1) is 16.4. The molecule has 0 spiro atoms. The van der Waals surface area contributed by atoms with Gasteiger partial charge in [0.25, 0.3) is 5.91 Å². The fourth-order valence-corrected chi connectivity index (χ4v) is 4.53. The van der Waals surface area contributed by atoms with Gasteiger partial charge in [0.2, 0.25) is 0 Å². The molecule has 34 heavy (non-hydrogen) atoms. The Morgan fingerprint density at radius 2 is 1.85 bits per heavy atom. The van der Waals surface area contributed by atoms with Gasteiger partial charge in [0.1, 0.15) is 16.5 Å².